The second-order valence-corrected chi connectivity index (χ2v) is 7.63. The van der Waals surface area contributed by atoms with Crippen LogP contribution in [0.1, 0.15) is 58.6 Å². The molecule has 1 aliphatic rings. The second kappa shape index (κ2) is 7.54. The van der Waals surface area contributed by atoms with E-state index in [0.29, 0.717) is 12.1 Å². The summed E-state index contributed by atoms with van der Waals surface area (Å²) < 4.78 is 5.28. The normalized spacial score (nSPS) is 22.1. The monoisotopic (exact) mass is 338 g/mol. The molecule has 2 rings (SSSR count). The molecule has 1 aromatic carbocycles. The predicted octanol–water partition coefficient (Wildman–Crippen LogP) is 4.44. The number of rotatable bonds is 5. The summed E-state index contributed by atoms with van der Waals surface area (Å²) in [5, 5.41) is 7.33. The minimum atomic E-state index is -0.453. The van der Waals surface area contributed by atoms with Gasteiger partial charge in [0.25, 0.3) is 0 Å². The van der Waals surface area contributed by atoms with Gasteiger partial charge in [-0.05, 0) is 57.7 Å². The van der Waals surface area contributed by atoms with Crippen LogP contribution in [0.5, 0.6) is 0 Å². The molecule has 128 valence electrons. The molecule has 1 saturated carbocycles. The Hall–Kier alpha value is -1.26. The van der Waals surface area contributed by atoms with E-state index < -0.39 is 5.60 Å². The fourth-order valence-corrected chi connectivity index (χ4v) is 3.00. The molecule has 1 unspecified atom stereocenters. The Balaban J connectivity index is 1.77. The molecule has 0 spiro atoms. The van der Waals surface area contributed by atoms with E-state index in [0.717, 1.165) is 24.3 Å². The van der Waals surface area contributed by atoms with E-state index in [9.17, 15) is 4.79 Å². The van der Waals surface area contributed by atoms with Crippen LogP contribution in [0.15, 0.2) is 24.3 Å². The highest BCUT2D eigenvalue weighted by molar-refractivity contribution is 6.30. The first kappa shape index (κ1) is 18.1. The van der Waals surface area contributed by atoms with Crippen LogP contribution in [0.2, 0.25) is 5.02 Å². The van der Waals surface area contributed by atoms with Gasteiger partial charge in [0.1, 0.15) is 5.60 Å². The van der Waals surface area contributed by atoms with Crippen LogP contribution in [-0.4, -0.2) is 23.8 Å². The highest BCUT2D eigenvalue weighted by Gasteiger charge is 2.32. The van der Waals surface area contributed by atoms with Crippen LogP contribution in [0.4, 0.5) is 4.79 Å². The summed E-state index contributed by atoms with van der Waals surface area (Å²) in [5.41, 5.74) is 0.759. The zero-order chi connectivity index (χ0) is 17.0. The zero-order valence-electron chi connectivity index (χ0n) is 14.4. The molecule has 1 fully saturated rings. The Labute approximate surface area is 143 Å². The summed E-state index contributed by atoms with van der Waals surface area (Å²) >= 11 is 6.07. The lowest BCUT2D eigenvalue weighted by atomic mass is 9.85. The summed E-state index contributed by atoms with van der Waals surface area (Å²) in [6.45, 7) is 7.77. The molecular formula is C18H27ClN2O2. The number of ether oxygens (including phenoxy) is 1. The summed E-state index contributed by atoms with van der Waals surface area (Å²) in [5.74, 6) is 0. The number of amides is 1. The molecule has 23 heavy (non-hydrogen) atoms. The highest BCUT2D eigenvalue weighted by Crippen LogP contribution is 2.27. The van der Waals surface area contributed by atoms with Crippen LogP contribution in [0.3, 0.4) is 0 Å². The van der Waals surface area contributed by atoms with E-state index in [2.05, 4.69) is 23.6 Å². The van der Waals surface area contributed by atoms with Crippen molar-refractivity contribution in [3.63, 3.8) is 0 Å². The van der Waals surface area contributed by atoms with Crippen LogP contribution < -0.4 is 10.6 Å². The van der Waals surface area contributed by atoms with Crippen molar-refractivity contribution in [1.82, 2.24) is 10.6 Å². The lowest BCUT2D eigenvalue weighted by molar-refractivity contribution is 0.0462. The van der Waals surface area contributed by atoms with E-state index in [1.807, 2.05) is 39.0 Å². The lowest BCUT2D eigenvalue weighted by Gasteiger charge is -2.39. The third kappa shape index (κ3) is 5.70. The van der Waals surface area contributed by atoms with Gasteiger partial charge < -0.3 is 15.4 Å². The fourth-order valence-electron chi connectivity index (χ4n) is 2.80. The molecule has 1 aromatic rings. The number of nitrogens with one attached hydrogen (secondary N) is 2. The molecule has 0 radical (unpaired) electrons. The lowest BCUT2D eigenvalue weighted by Crippen LogP contribution is -2.53. The molecule has 1 atom stereocenters. The second-order valence-electron chi connectivity index (χ2n) is 7.19. The maximum absolute atomic E-state index is 11.7. The predicted molar refractivity (Wildman–Crippen MR) is 93.8 cm³/mol. The number of alkyl carbamates (subject to hydrolysis) is 1. The van der Waals surface area contributed by atoms with Crippen molar-refractivity contribution in [3.05, 3.63) is 34.9 Å². The average molecular weight is 339 g/mol. The van der Waals surface area contributed by atoms with Gasteiger partial charge in [-0.3, -0.25) is 0 Å². The van der Waals surface area contributed by atoms with Crippen molar-refractivity contribution in [2.24, 2.45) is 0 Å². The third-order valence-electron chi connectivity index (χ3n) is 3.96. The van der Waals surface area contributed by atoms with Gasteiger partial charge in [-0.1, -0.05) is 30.7 Å². The Morgan fingerprint density at radius 3 is 2.61 bits per heavy atom. The first-order chi connectivity index (χ1) is 10.8. The van der Waals surface area contributed by atoms with Gasteiger partial charge in [0, 0.05) is 23.1 Å². The largest absolute Gasteiger partial charge is 0.444 e. The van der Waals surface area contributed by atoms with E-state index >= 15 is 0 Å². The number of hydrogen-bond donors (Lipinski definition) is 2. The molecule has 0 saturated heterocycles. The number of hydrogen-bond acceptors (Lipinski definition) is 3. The summed E-state index contributed by atoms with van der Waals surface area (Å²) in [7, 11) is 0. The van der Waals surface area contributed by atoms with E-state index in [-0.39, 0.29) is 12.1 Å². The number of benzene rings is 1. The molecule has 2 N–H and O–H groups in total. The van der Waals surface area contributed by atoms with Crippen molar-refractivity contribution in [1.29, 1.82) is 0 Å². The van der Waals surface area contributed by atoms with Crippen molar-refractivity contribution >= 4 is 17.7 Å². The molecule has 0 heterocycles. The van der Waals surface area contributed by atoms with Crippen LogP contribution in [0.25, 0.3) is 0 Å². The van der Waals surface area contributed by atoms with Crippen molar-refractivity contribution in [2.75, 3.05) is 0 Å². The van der Waals surface area contributed by atoms with Gasteiger partial charge in [0.2, 0.25) is 0 Å². The first-order valence-electron chi connectivity index (χ1n) is 8.28. The summed E-state index contributed by atoms with van der Waals surface area (Å²) in [6, 6.07) is 8.89. The molecule has 1 amide bonds. The fraction of sp³-hybridized carbons (Fsp3) is 0.611. The van der Waals surface area contributed by atoms with E-state index in [1.54, 1.807) is 0 Å². The van der Waals surface area contributed by atoms with Crippen LogP contribution in [0, 0.1) is 0 Å². The topological polar surface area (TPSA) is 50.4 Å². The number of carbonyl (C=O) groups excluding carboxylic acids is 1. The highest BCUT2D eigenvalue weighted by atomic mass is 35.5. The summed E-state index contributed by atoms with van der Waals surface area (Å²) in [4.78, 5) is 11.7. The van der Waals surface area contributed by atoms with Crippen molar-refractivity contribution in [3.8, 4) is 0 Å². The van der Waals surface area contributed by atoms with E-state index in [4.69, 9.17) is 16.3 Å². The Kier molecular flexibility index (Phi) is 5.93. The molecule has 4 nitrogen and oxygen atoms in total. The molecule has 5 heteroatoms. The van der Waals surface area contributed by atoms with Crippen molar-refractivity contribution in [2.45, 2.75) is 70.7 Å². The SMILES string of the molecule is CCC(NC1CC(NC(=O)OC(C)(C)C)C1)c1cccc(Cl)c1. The van der Waals surface area contributed by atoms with Gasteiger partial charge in [-0.2, -0.15) is 0 Å². The number of halogens is 1. The van der Waals surface area contributed by atoms with Crippen molar-refractivity contribution < 1.29 is 9.53 Å². The molecule has 0 bridgehead atoms. The number of carbonyl (C=O) groups is 1. The minimum absolute atomic E-state index is 0.194. The van der Waals surface area contributed by atoms with E-state index in [1.165, 1.54) is 5.56 Å². The molecule has 1 aliphatic carbocycles. The van der Waals surface area contributed by atoms with Gasteiger partial charge in [-0.15, -0.1) is 0 Å². The average Bonchev–Trinajstić information content (AvgIpc) is 2.39. The van der Waals surface area contributed by atoms with Gasteiger partial charge >= 0.3 is 6.09 Å². The smallest absolute Gasteiger partial charge is 0.407 e. The first-order valence-corrected chi connectivity index (χ1v) is 8.65. The Morgan fingerprint density at radius 2 is 2.04 bits per heavy atom. The van der Waals surface area contributed by atoms with Crippen LogP contribution in [-0.2, 0) is 4.74 Å². The Morgan fingerprint density at radius 1 is 1.35 bits per heavy atom. The summed E-state index contributed by atoms with van der Waals surface area (Å²) in [6.07, 6.45) is 2.52. The quantitative estimate of drug-likeness (QED) is 0.834. The third-order valence-corrected chi connectivity index (χ3v) is 4.19. The molecule has 0 aromatic heterocycles. The van der Waals surface area contributed by atoms with Gasteiger partial charge in [0.05, 0.1) is 0 Å². The maximum Gasteiger partial charge on any atom is 0.407 e. The molecule has 0 aliphatic heterocycles. The maximum atomic E-state index is 11.7. The van der Waals surface area contributed by atoms with Crippen LogP contribution >= 0.6 is 11.6 Å². The van der Waals surface area contributed by atoms with Gasteiger partial charge in [-0.25, -0.2) is 4.79 Å². The minimum Gasteiger partial charge on any atom is -0.444 e. The molecular weight excluding hydrogens is 312 g/mol. The zero-order valence-corrected chi connectivity index (χ0v) is 15.1. The standard InChI is InChI=1S/C18H27ClN2O2/c1-5-16(12-7-6-8-13(19)9-12)20-14-10-15(11-14)21-17(22)23-18(2,3)4/h6-9,14-16,20H,5,10-11H2,1-4H3,(H,21,22). The Bertz CT molecular complexity index is 536. The van der Waals surface area contributed by atoms with Gasteiger partial charge in [0.15, 0.2) is 0 Å².